The Morgan fingerprint density at radius 2 is 2.09 bits per heavy atom. The summed E-state index contributed by atoms with van der Waals surface area (Å²) in [7, 11) is 1.73. The molecular weight excluding hydrogens is 274 g/mol. The van der Waals surface area contributed by atoms with Gasteiger partial charge in [0.25, 0.3) is 0 Å². The lowest BCUT2D eigenvalue weighted by atomic mass is 10.1. The van der Waals surface area contributed by atoms with Crippen molar-refractivity contribution in [1.82, 2.24) is 14.5 Å². The van der Waals surface area contributed by atoms with Gasteiger partial charge in [0.2, 0.25) is 0 Å². The van der Waals surface area contributed by atoms with E-state index in [1.165, 1.54) is 11.1 Å². The molecule has 114 valence electrons. The number of nitrogens with zero attached hydrogens (tertiary/aromatic N) is 3. The van der Waals surface area contributed by atoms with Crippen LogP contribution in [-0.4, -0.2) is 28.3 Å². The van der Waals surface area contributed by atoms with Crippen LogP contribution in [0.4, 0.5) is 0 Å². The Bertz CT molecular complexity index is 764. The number of aromatic nitrogens is 3. The Balaban J connectivity index is 1.94. The molecule has 4 nitrogen and oxygen atoms in total. The summed E-state index contributed by atoms with van der Waals surface area (Å²) in [5.74, 6) is 1.07. The summed E-state index contributed by atoms with van der Waals surface area (Å²) in [5.41, 5.74) is 4.48. The maximum atomic E-state index is 5.17. The molecule has 0 aliphatic rings. The fourth-order valence-corrected chi connectivity index (χ4v) is 2.75. The van der Waals surface area contributed by atoms with E-state index in [-0.39, 0.29) is 0 Å². The molecule has 3 aromatic rings. The van der Waals surface area contributed by atoms with Crippen molar-refractivity contribution < 1.29 is 4.74 Å². The van der Waals surface area contributed by atoms with Crippen molar-refractivity contribution in [3.63, 3.8) is 0 Å². The number of ether oxygens (including phenoxy) is 1. The van der Waals surface area contributed by atoms with Crippen LogP contribution in [-0.2, 0) is 17.7 Å². The van der Waals surface area contributed by atoms with Gasteiger partial charge in [0, 0.05) is 32.9 Å². The Labute approximate surface area is 130 Å². The molecule has 0 unspecified atom stereocenters. The van der Waals surface area contributed by atoms with Crippen LogP contribution in [0, 0.1) is 6.92 Å². The van der Waals surface area contributed by atoms with Gasteiger partial charge in [-0.15, -0.1) is 0 Å². The molecule has 2 heterocycles. The number of aryl methyl sites for hydroxylation is 2. The van der Waals surface area contributed by atoms with Gasteiger partial charge in [-0.3, -0.25) is 0 Å². The first-order valence-corrected chi connectivity index (χ1v) is 7.62. The number of pyridine rings is 1. The van der Waals surface area contributed by atoms with Crippen molar-refractivity contribution in [2.24, 2.45) is 0 Å². The average Bonchev–Trinajstić information content (AvgIpc) is 2.85. The van der Waals surface area contributed by atoms with Crippen LogP contribution in [0.25, 0.3) is 11.2 Å². The largest absolute Gasteiger partial charge is 0.385 e. The summed E-state index contributed by atoms with van der Waals surface area (Å²) in [5, 5.41) is 0. The van der Waals surface area contributed by atoms with E-state index >= 15 is 0 Å². The first-order valence-electron chi connectivity index (χ1n) is 7.62. The van der Waals surface area contributed by atoms with Gasteiger partial charge in [-0.05, 0) is 31.0 Å². The molecule has 0 amide bonds. The fraction of sp³-hybridized carbons (Fsp3) is 0.333. The summed E-state index contributed by atoms with van der Waals surface area (Å²) >= 11 is 0. The molecule has 0 N–H and O–H groups in total. The zero-order valence-corrected chi connectivity index (χ0v) is 13.1. The highest BCUT2D eigenvalue weighted by Crippen LogP contribution is 2.18. The second kappa shape index (κ2) is 6.71. The van der Waals surface area contributed by atoms with Gasteiger partial charge in [-0.1, -0.05) is 29.8 Å². The van der Waals surface area contributed by atoms with Gasteiger partial charge in [-0.25, -0.2) is 9.97 Å². The van der Waals surface area contributed by atoms with Crippen LogP contribution >= 0.6 is 0 Å². The summed E-state index contributed by atoms with van der Waals surface area (Å²) in [6, 6.07) is 12.5. The first-order chi connectivity index (χ1) is 10.8. The monoisotopic (exact) mass is 295 g/mol. The van der Waals surface area contributed by atoms with Crippen molar-refractivity contribution in [2.75, 3.05) is 13.7 Å². The normalized spacial score (nSPS) is 11.2. The smallest absolute Gasteiger partial charge is 0.159 e. The average molecular weight is 295 g/mol. The molecule has 4 heteroatoms. The van der Waals surface area contributed by atoms with Gasteiger partial charge in [0.05, 0.1) is 0 Å². The number of fused-ring (bicyclic) bond motifs is 1. The zero-order valence-electron chi connectivity index (χ0n) is 13.1. The highest BCUT2D eigenvalue weighted by molar-refractivity contribution is 5.71. The van der Waals surface area contributed by atoms with E-state index in [0.29, 0.717) is 0 Å². The van der Waals surface area contributed by atoms with Gasteiger partial charge in [0.15, 0.2) is 5.65 Å². The minimum atomic E-state index is 0.746. The first kappa shape index (κ1) is 14.7. The van der Waals surface area contributed by atoms with Gasteiger partial charge in [0.1, 0.15) is 11.3 Å². The Hall–Kier alpha value is -2.20. The molecule has 3 rings (SSSR count). The Morgan fingerprint density at radius 1 is 1.18 bits per heavy atom. The molecule has 0 bridgehead atoms. The molecule has 0 saturated heterocycles. The second-order valence-electron chi connectivity index (χ2n) is 5.54. The van der Waals surface area contributed by atoms with Crippen LogP contribution in [0.5, 0.6) is 0 Å². The standard InChI is InChI=1S/C18H21N3O/c1-14-6-3-7-15(12-14)13-17-20-16-8-4-9-19-18(16)21(17)10-5-11-22-2/h3-4,6-9,12H,5,10-11,13H2,1-2H3. The zero-order chi connectivity index (χ0) is 15.4. The quantitative estimate of drug-likeness (QED) is 0.655. The Kier molecular flexibility index (Phi) is 4.49. The molecule has 0 spiro atoms. The Morgan fingerprint density at radius 3 is 2.91 bits per heavy atom. The number of methoxy groups -OCH3 is 1. The lowest BCUT2D eigenvalue weighted by Gasteiger charge is -2.09. The van der Waals surface area contributed by atoms with E-state index in [1.54, 1.807) is 7.11 Å². The third-order valence-electron chi connectivity index (χ3n) is 3.76. The van der Waals surface area contributed by atoms with Crippen molar-refractivity contribution in [2.45, 2.75) is 26.3 Å². The minimum Gasteiger partial charge on any atom is -0.385 e. The number of rotatable bonds is 6. The van der Waals surface area contributed by atoms with Crippen LogP contribution in [0.1, 0.15) is 23.4 Å². The number of hydrogen-bond acceptors (Lipinski definition) is 3. The van der Waals surface area contributed by atoms with E-state index < -0.39 is 0 Å². The molecule has 22 heavy (non-hydrogen) atoms. The molecule has 0 radical (unpaired) electrons. The fourth-order valence-electron chi connectivity index (χ4n) is 2.75. The summed E-state index contributed by atoms with van der Waals surface area (Å²) in [6.45, 7) is 3.74. The number of benzene rings is 1. The molecule has 0 aliphatic carbocycles. The van der Waals surface area contributed by atoms with Crippen molar-refractivity contribution in [1.29, 1.82) is 0 Å². The van der Waals surface area contributed by atoms with Crippen LogP contribution in [0.3, 0.4) is 0 Å². The van der Waals surface area contributed by atoms with Crippen LogP contribution in [0.2, 0.25) is 0 Å². The lowest BCUT2D eigenvalue weighted by Crippen LogP contribution is -2.07. The second-order valence-corrected chi connectivity index (χ2v) is 5.54. The van der Waals surface area contributed by atoms with Gasteiger partial charge >= 0.3 is 0 Å². The molecule has 2 aromatic heterocycles. The van der Waals surface area contributed by atoms with E-state index in [0.717, 1.165) is 43.0 Å². The van der Waals surface area contributed by atoms with E-state index in [9.17, 15) is 0 Å². The predicted molar refractivity (Wildman–Crippen MR) is 88.0 cm³/mol. The van der Waals surface area contributed by atoms with Crippen LogP contribution in [0.15, 0.2) is 42.6 Å². The van der Waals surface area contributed by atoms with E-state index in [1.807, 2.05) is 18.3 Å². The molecule has 0 saturated carbocycles. The number of hydrogen-bond donors (Lipinski definition) is 0. The number of imidazole rings is 1. The minimum absolute atomic E-state index is 0.746. The SMILES string of the molecule is COCCCn1c(Cc2cccc(C)c2)nc2cccnc21. The highest BCUT2D eigenvalue weighted by Gasteiger charge is 2.11. The van der Waals surface area contributed by atoms with Crippen molar-refractivity contribution >= 4 is 11.2 Å². The lowest BCUT2D eigenvalue weighted by molar-refractivity contribution is 0.190. The summed E-state index contributed by atoms with van der Waals surface area (Å²) < 4.78 is 7.39. The third-order valence-corrected chi connectivity index (χ3v) is 3.76. The van der Waals surface area contributed by atoms with Crippen molar-refractivity contribution in [3.05, 3.63) is 59.5 Å². The van der Waals surface area contributed by atoms with Gasteiger partial charge < -0.3 is 9.30 Å². The summed E-state index contributed by atoms with van der Waals surface area (Å²) in [4.78, 5) is 9.28. The topological polar surface area (TPSA) is 39.9 Å². The molecule has 0 fully saturated rings. The highest BCUT2D eigenvalue weighted by atomic mass is 16.5. The van der Waals surface area contributed by atoms with E-state index in [2.05, 4.69) is 40.7 Å². The third kappa shape index (κ3) is 3.17. The molecule has 1 aromatic carbocycles. The maximum absolute atomic E-state index is 5.17. The maximum Gasteiger partial charge on any atom is 0.159 e. The molecule has 0 atom stereocenters. The van der Waals surface area contributed by atoms with Crippen LogP contribution < -0.4 is 0 Å². The predicted octanol–water partition coefficient (Wildman–Crippen LogP) is 3.37. The summed E-state index contributed by atoms with van der Waals surface area (Å²) in [6.07, 6.45) is 3.61. The molecular formula is C18H21N3O. The molecule has 0 aliphatic heterocycles. The van der Waals surface area contributed by atoms with E-state index in [4.69, 9.17) is 9.72 Å². The van der Waals surface area contributed by atoms with Gasteiger partial charge in [-0.2, -0.15) is 0 Å². The van der Waals surface area contributed by atoms with Crippen molar-refractivity contribution in [3.8, 4) is 0 Å².